The fourth-order valence-corrected chi connectivity index (χ4v) is 2.93. The van der Waals surface area contributed by atoms with Crippen molar-refractivity contribution in [2.75, 3.05) is 19.6 Å². The molecule has 1 aromatic heterocycles. The first-order valence-corrected chi connectivity index (χ1v) is 8.33. The molecule has 1 N–H and O–H groups in total. The van der Waals surface area contributed by atoms with Crippen molar-refractivity contribution < 1.29 is 4.79 Å². The van der Waals surface area contributed by atoms with Crippen LogP contribution in [0.15, 0.2) is 12.4 Å². The molecule has 22 heavy (non-hydrogen) atoms. The van der Waals surface area contributed by atoms with Crippen molar-refractivity contribution in [1.82, 2.24) is 19.8 Å². The van der Waals surface area contributed by atoms with E-state index < -0.39 is 0 Å². The molecule has 1 aliphatic heterocycles. The number of aromatic nitrogens is 2. The van der Waals surface area contributed by atoms with Gasteiger partial charge in [-0.05, 0) is 31.7 Å². The van der Waals surface area contributed by atoms with E-state index in [0.29, 0.717) is 5.92 Å². The number of nitrogens with zero attached hydrogens (tertiary/aromatic N) is 3. The lowest BCUT2D eigenvalue weighted by atomic mass is 9.93. The zero-order chi connectivity index (χ0) is 16.2. The molecule has 2 heterocycles. The fraction of sp³-hybridized carbons (Fsp3) is 0.765. The van der Waals surface area contributed by atoms with Crippen LogP contribution in [0.4, 0.5) is 0 Å². The molecule has 0 unspecified atom stereocenters. The van der Waals surface area contributed by atoms with Crippen molar-refractivity contribution in [1.29, 1.82) is 0 Å². The number of piperidine rings is 1. The molecule has 1 aromatic rings. The monoisotopic (exact) mass is 306 g/mol. The maximum atomic E-state index is 11.9. The van der Waals surface area contributed by atoms with Crippen molar-refractivity contribution in [3.05, 3.63) is 18.2 Å². The van der Waals surface area contributed by atoms with E-state index in [0.717, 1.165) is 38.4 Å². The third kappa shape index (κ3) is 4.83. The first-order chi connectivity index (χ1) is 10.4. The summed E-state index contributed by atoms with van der Waals surface area (Å²) in [4.78, 5) is 18.8. The van der Waals surface area contributed by atoms with E-state index in [4.69, 9.17) is 0 Å². The normalized spacial score (nSPS) is 20.1. The van der Waals surface area contributed by atoms with Gasteiger partial charge >= 0.3 is 0 Å². The molecule has 1 aliphatic rings. The molecule has 1 saturated heterocycles. The van der Waals surface area contributed by atoms with Gasteiger partial charge in [-0.1, -0.05) is 20.8 Å². The molecule has 0 bridgehead atoms. The van der Waals surface area contributed by atoms with Crippen molar-refractivity contribution >= 4 is 5.91 Å². The van der Waals surface area contributed by atoms with Crippen molar-refractivity contribution in [2.24, 2.45) is 18.4 Å². The number of carbonyl (C=O) groups is 1. The standard InChI is InChI=1S/C17H30N4O/c1-17(2,3)16(22)19-8-7-14-6-5-10-21(12-14)13-15-18-9-11-20(15)4/h9,11,14H,5-8,10,12-13H2,1-4H3,(H,19,22)/t14-/m0/s1. The van der Waals surface area contributed by atoms with E-state index in [2.05, 4.69) is 19.8 Å². The number of rotatable bonds is 5. The highest BCUT2D eigenvalue weighted by molar-refractivity contribution is 5.81. The van der Waals surface area contributed by atoms with Gasteiger partial charge in [0.25, 0.3) is 0 Å². The second-order valence-electron chi connectivity index (χ2n) is 7.49. The summed E-state index contributed by atoms with van der Waals surface area (Å²) >= 11 is 0. The molecule has 5 heteroatoms. The topological polar surface area (TPSA) is 50.2 Å². The van der Waals surface area contributed by atoms with Crippen LogP contribution in [0, 0.1) is 11.3 Å². The van der Waals surface area contributed by atoms with Crippen LogP contribution in [-0.4, -0.2) is 40.0 Å². The summed E-state index contributed by atoms with van der Waals surface area (Å²) in [6, 6.07) is 0. The number of aryl methyl sites for hydroxylation is 1. The summed E-state index contributed by atoms with van der Waals surface area (Å²) in [7, 11) is 2.05. The first kappa shape index (κ1) is 17.0. The van der Waals surface area contributed by atoms with E-state index in [1.165, 1.54) is 12.8 Å². The Morgan fingerprint density at radius 2 is 2.23 bits per heavy atom. The third-order valence-electron chi connectivity index (χ3n) is 4.41. The summed E-state index contributed by atoms with van der Waals surface area (Å²) in [5.74, 6) is 1.95. The van der Waals surface area contributed by atoms with E-state index >= 15 is 0 Å². The zero-order valence-corrected chi connectivity index (χ0v) is 14.4. The summed E-state index contributed by atoms with van der Waals surface area (Å²) in [6.07, 6.45) is 7.43. The summed E-state index contributed by atoms with van der Waals surface area (Å²) in [6.45, 7) is 9.84. The van der Waals surface area contributed by atoms with Crippen LogP contribution in [0.25, 0.3) is 0 Å². The Morgan fingerprint density at radius 3 is 2.86 bits per heavy atom. The van der Waals surface area contributed by atoms with Crippen LogP contribution >= 0.6 is 0 Å². The van der Waals surface area contributed by atoms with Crippen LogP contribution < -0.4 is 5.32 Å². The Hall–Kier alpha value is -1.36. The second kappa shape index (κ2) is 7.27. The molecule has 1 fully saturated rings. The number of hydrogen-bond donors (Lipinski definition) is 1. The van der Waals surface area contributed by atoms with Crippen molar-refractivity contribution in [3.8, 4) is 0 Å². The minimum absolute atomic E-state index is 0.146. The number of imidazole rings is 1. The van der Waals surface area contributed by atoms with E-state index in [1.807, 2.05) is 40.2 Å². The molecule has 0 radical (unpaired) electrons. The number of hydrogen-bond acceptors (Lipinski definition) is 3. The SMILES string of the molecule is Cn1ccnc1CN1CCC[C@@H](CCNC(=O)C(C)(C)C)C1. The zero-order valence-electron chi connectivity index (χ0n) is 14.4. The lowest BCUT2D eigenvalue weighted by Crippen LogP contribution is -2.39. The smallest absolute Gasteiger partial charge is 0.225 e. The molecule has 1 atom stereocenters. The highest BCUT2D eigenvalue weighted by atomic mass is 16.2. The number of carbonyl (C=O) groups excluding carboxylic acids is 1. The minimum Gasteiger partial charge on any atom is -0.356 e. The van der Waals surface area contributed by atoms with Gasteiger partial charge in [0.1, 0.15) is 5.82 Å². The van der Waals surface area contributed by atoms with Crippen LogP contribution in [0.2, 0.25) is 0 Å². The summed E-state index contributed by atoms with van der Waals surface area (Å²) < 4.78 is 2.09. The molecular weight excluding hydrogens is 276 g/mol. The fourth-order valence-electron chi connectivity index (χ4n) is 2.93. The Balaban J connectivity index is 1.74. The van der Waals surface area contributed by atoms with Gasteiger partial charge in [-0.2, -0.15) is 0 Å². The molecule has 0 aromatic carbocycles. The predicted octanol–water partition coefficient (Wildman–Crippen LogP) is 2.18. The molecule has 1 amide bonds. The quantitative estimate of drug-likeness (QED) is 0.907. The lowest BCUT2D eigenvalue weighted by molar-refractivity contribution is -0.128. The summed E-state index contributed by atoms with van der Waals surface area (Å²) in [5.41, 5.74) is -0.295. The van der Waals surface area contributed by atoms with Crippen LogP contribution in [0.3, 0.4) is 0 Å². The van der Waals surface area contributed by atoms with Gasteiger partial charge in [-0.3, -0.25) is 9.69 Å². The second-order valence-corrected chi connectivity index (χ2v) is 7.49. The highest BCUT2D eigenvalue weighted by Crippen LogP contribution is 2.21. The van der Waals surface area contributed by atoms with E-state index in [9.17, 15) is 4.79 Å². The molecule has 2 rings (SSSR count). The van der Waals surface area contributed by atoms with Gasteiger partial charge in [-0.15, -0.1) is 0 Å². The van der Waals surface area contributed by atoms with Gasteiger partial charge in [0, 0.05) is 37.9 Å². The average Bonchev–Trinajstić information content (AvgIpc) is 2.83. The van der Waals surface area contributed by atoms with Gasteiger partial charge in [0.05, 0.1) is 6.54 Å². The van der Waals surface area contributed by atoms with E-state index in [-0.39, 0.29) is 11.3 Å². The summed E-state index contributed by atoms with van der Waals surface area (Å²) in [5, 5.41) is 3.07. The van der Waals surface area contributed by atoms with Gasteiger partial charge < -0.3 is 9.88 Å². The number of amides is 1. The molecule has 0 saturated carbocycles. The van der Waals surface area contributed by atoms with Gasteiger partial charge in [0.15, 0.2) is 0 Å². The van der Waals surface area contributed by atoms with Crippen LogP contribution in [0.5, 0.6) is 0 Å². The maximum Gasteiger partial charge on any atom is 0.225 e. The van der Waals surface area contributed by atoms with Crippen molar-refractivity contribution in [2.45, 2.75) is 46.6 Å². The maximum absolute atomic E-state index is 11.9. The molecule has 0 aliphatic carbocycles. The minimum atomic E-state index is -0.295. The Bertz CT molecular complexity index is 489. The number of nitrogens with one attached hydrogen (secondary N) is 1. The van der Waals surface area contributed by atoms with Crippen molar-refractivity contribution in [3.63, 3.8) is 0 Å². The van der Waals surface area contributed by atoms with Gasteiger partial charge in [-0.25, -0.2) is 4.98 Å². The Kier molecular flexibility index (Phi) is 5.62. The largest absolute Gasteiger partial charge is 0.356 e. The molecule has 5 nitrogen and oxygen atoms in total. The lowest BCUT2D eigenvalue weighted by Gasteiger charge is -2.32. The predicted molar refractivity (Wildman–Crippen MR) is 88.3 cm³/mol. The highest BCUT2D eigenvalue weighted by Gasteiger charge is 2.23. The first-order valence-electron chi connectivity index (χ1n) is 8.33. The molecule has 124 valence electrons. The molecular formula is C17H30N4O. The Labute approximate surface area is 134 Å². The van der Waals surface area contributed by atoms with E-state index in [1.54, 1.807) is 0 Å². The van der Waals surface area contributed by atoms with Crippen LogP contribution in [-0.2, 0) is 18.4 Å². The van der Waals surface area contributed by atoms with Gasteiger partial charge in [0.2, 0.25) is 5.91 Å². The molecule has 0 spiro atoms. The third-order valence-corrected chi connectivity index (χ3v) is 4.41. The van der Waals surface area contributed by atoms with Crippen LogP contribution in [0.1, 0.15) is 45.9 Å². The average molecular weight is 306 g/mol. The number of likely N-dealkylation sites (tertiary alicyclic amines) is 1. The Morgan fingerprint density at radius 1 is 1.45 bits per heavy atom.